The van der Waals surface area contributed by atoms with Crippen LogP contribution in [0.25, 0.3) is 66.6 Å². The fourth-order valence-corrected chi connectivity index (χ4v) is 8.87. The van der Waals surface area contributed by atoms with E-state index in [1.54, 1.807) is 0 Å². The quantitative estimate of drug-likeness (QED) is 0.123. The molecule has 2 aromatic carbocycles. The predicted octanol–water partition coefficient (Wildman–Crippen LogP) is 9.77. The van der Waals surface area contributed by atoms with Gasteiger partial charge in [-0.1, -0.05) is 26.2 Å². The van der Waals surface area contributed by atoms with E-state index in [0.717, 1.165) is 107 Å². The molecule has 6 heterocycles. The number of benzene rings is 2. The molecule has 282 valence electrons. The van der Waals surface area contributed by atoms with Crippen LogP contribution in [-0.4, -0.2) is 40.2 Å². The molecule has 3 aliphatic rings. The number of rotatable bonds is 7. The first-order chi connectivity index (χ1) is 27.1. The number of H-pyrrole nitrogens is 4. The molecule has 0 spiro atoms. The molecule has 4 N–H and O–H groups in total. The number of aromatic nitrogens is 8. The average molecular weight is 812 g/mol. The summed E-state index contributed by atoms with van der Waals surface area (Å²) in [5, 5.41) is 8.20. The molecular weight excluding hydrogens is 772 g/mol. The first kappa shape index (κ1) is 34.7. The third kappa shape index (κ3) is 6.05. The summed E-state index contributed by atoms with van der Waals surface area (Å²) in [4.78, 5) is 45.5. The molecule has 56 heavy (non-hydrogen) atoms. The van der Waals surface area contributed by atoms with Gasteiger partial charge in [0.05, 0.1) is 44.8 Å². The van der Waals surface area contributed by atoms with Crippen LogP contribution in [0.2, 0.25) is 0 Å². The lowest BCUT2D eigenvalue weighted by molar-refractivity contribution is 0.393. The van der Waals surface area contributed by atoms with Crippen LogP contribution in [0.15, 0.2) is 71.9 Å². The number of imidazole rings is 2. The summed E-state index contributed by atoms with van der Waals surface area (Å²) in [5.41, 5.74) is 16.2. The van der Waals surface area contributed by atoms with Crippen molar-refractivity contribution in [1.82, 2.24) is 40.2 Å². The van der Waals surface area contributed by atoms with E-state index < -0.39 is 0 Å². The van der Waals surface area contributed by atoms with Crippen molar-refractivity contribution < 1.29 is 9.05 Å². The number of pyridine rings is 2. The van der Waals surface area contributed by atoms with E-state index in [2.05, 4.69) is 69.4 Å². The molecule has 13 heteroatoms. The van der Waals surface area contributed by atoms with Gasteiger partial charge in [-0.3, -0.25) is 9.97 Å². The van der Waals surface area contributed by atoms with Crippen molar-refractivity contribution in [1.29, 1.82) is 0 Å². The minimum atomic E-state index is -0.227. The van der Waals surface area contributed by atoms with Crippen LogP contribution in [0.4, 0.5) is 0 Å². The minimum Gasteiger partial charge on any atom is -0.361 e. The molecule has 0 aliphatic heterocycles. The molecule has 0 saturated heterocycles. The molecule has 0 atom stereocenters. The number of fused-ring (bicyclic) bond motifs is 2. The Balaban J connectivity index is 0.000000138. The molecule has 12 nitrogen and oxygen atoms in total. The van der Waals surface area contributed by atoms with Crippen molar-refractivity contribution >= 4 is 38.0 Å². The SMILES string of the molecule is Cc1noc(C)c1-c1cc(-c2c(Br)ccnc2C2CC2)c2[nH]c(=O)[nH]c2c1.Cc1noc(C)c1-c1cc(-c2c(C3CC3)ccnc2C2CC2)c2[nH]c(=O)[nH]c2c1. The summed E-state index contributed by atoms with van der Waals surface area (Å²) in [7, 11) is 0. The van der Waals surface area contributed by atoms with Gasteiger partial charge in [-0.2, -0.15) is 0 Å². The van der Waals surface area contributed by atoms with Crippen molar-refractivity contribution in [3.05, 3.63) is 114 Å². The maximum absolute atomic E-state index is 12.2. The van der Waals surface area contributed by atoms with E-state index in [4.69, 9.17) is 14.0 Å². The van der Waals surface area contributed by atoms with Gasteiger partial charge in [-0.05, 0) is 125 Å². The molecule has 0 bridgehead atoms. The predicted molar refractivity (Wildman–Crippen MR) is 218 cm³/mol. The topological polar surface area (TPSA) is 175 Å². The van der Waals surface area contributed by atoms with E-state index in [-0.39, 0.29) is 11.4 Å². The summed E-state index contributed by atoms with van der Waals surface area (Å²) >= 11 is 3.70. The van der Waals surface area contributed by atoms with Crippen LogP contribution < -0.4 is 11.4 Å². The Labute approximate surface area is 328 Å². The summed E-state index contributed by atoms with van der Waals surface area (Å²) in [5.74, 6) is 3.12. The summed E-state index contributed by atoms with van der Waals surface area (Å²) < 4.78 is 11.7. The van der Waals surface area contributed by atoms with Crippen LogP contribution in [0.1, 0.15) is 96.1 Å². The van der Waals surface area contributed by atoms with E-state index >= 15 is 0 Å². The number of aryl methyl sites for hydroxylation is 4. The van der Waals surface area contributed by atoms with Crippen LogP contribution in [0.5, 0.6) is 0 Å². The third-order valence-corrected chi connectivity index (χ3v) is 12.0. The first-order valence-electron chi connectivity index (χ1n) is 19.2. The highest BCUT2D eigenvalue weighted by Crippen LogP contribution is 2.52. The molecule has 8 aromatic rings. The van der Waals surface area contributed by atoms with Crippen molar-refractivity contribution in [3.8, 4) is 44.5 Å². The highest BCUT2D eigenvalue weighted by molar-refractivity contribution is 9.10. The van der Waals surface area contributed by atoms with Gasteiger partial charge < -0.3 is 29.0 Å². The van der Waals surface area contributed by atoms with Crippen LogP contribution >= 0.6 is 15.9 Å². The molecule has 11 rings (SSSR count). The van der Waals surface area contributed by atoms with Gasteiger partial charge in [0.1, 0.15) is 11.5 Å². The lowest BCUT2D eigenvalue weighted by Gasteiger charge is -2.16. The molecular formula is C43H39BrN8O4. The van der Waals surface area contributed by atoms with Crippen molar-refractivity contribution in [3.63, 3.8) is 0 Å². The highest BCUT2D eigenvalue weighted by atomic mass is 79.9. The smallest absolute Gasteiger partial charge is 0.323 e. The second kappa shape index (κ2) is 13.1. The second-order valence-electron chi connectivity index (χ2n) is 15.5. The van der Waals surface area contributed by atoms with E-state index in [1.807, 2.05) is 58.3 Å². The third-order valence-electron chi connectivity index (χ3n) is 11.3. The Kier molecular flexibility index (Phi) is 8.14. The lowest BCUT2D eigenvalue weighted by atomic mass is 9.90. The normalized spacial score (nSPS) is 15.4. The summed E-state index contributed by atoms with van der Waals surface area (Å²) in [6.45, 7) is 7.69. The monoisotopic (exact) mass is 810 g/mol. The largest absolute Gasteiger partial charge is 0.361 e. The molecule has 3 fully saturated rings. The fourth-order valence-electron chi connectivity index (χ4n) is 8.33. The van der Waals surface area contributed by atoms with E-state index in [9.17, 15) is 9.59 Å². The maximum atomic E-state index is 12.2. The van der Waals surface area contributed by atoms with Crippen LogP contribution in [0.3, 0.4) is 0 Å². The number of aromatic amines is 4. The minimum absolute atomic E-state index is 0.193. The number of nitrogens with zero attached hydrogens (tertiary/aromatic N) is 4. The van der Waals surface area contributed by atoms with Gasteiger partial charge >= 0.3 is 11.4 Å². The molecule has 6 aromatic heterocycles. The molecule has 3 saturated carbocycles. The number of hydrogen-bond donors (Lipinski definition) is 4. The molecule has 3 aliphatic carbocycles. The zero-order chi connectivity index (χ0) is 38.4. The molecule has 0 radical (unpaired) electrons. The number of hydrogen-bond acceptors (Lipinski definition) is 8. The van der Waals surface area contributed by atoms with Crippen molar-refractivity contribution in [2.45, 2.75) is 84.0 Å². The second-order valence-corrected chi connectivity index (χ2v) is 16.3. The van der Waals surface area contributed by atoms with Gasteiger partial charge in [-0.25, -0.2) is 9.59 Å². The van der Waals surface area contributed by atoms with Crippen LogP contribution in [0, 0.1) is 27.7 Å². The Bertz CT molecular complexity index is 2900. The summed E-state index contributed by atoms with van der Waals surface area (Å²) in [6.07, 6.45) is 10.9. The van der Waals surface area contributed by atoms with Crippen LogP contribution in [-0.2, 0) is 0 Å². The van der Waals surface area contributed by atoms with Gasteiger partial charge in [0, 0.05) is 62.1 Å². The fraction of sp³-hybridized carbons (Fsp3) is 0.302. The van der Waals surface area contributed by atoms with Gasteiger partial charge in [0.25, 0.3) is 0 Å². The average Bonchev–Trinajstić information content (AvgIpc) is 4.10. The Morgan fingerprint density at radius 3 is 1.52 bits per heavy atom. The highest BCUT2D eigenvalue weighted by Gasteiger charge is 2.35. The van der Waals surface area contributed by atoms with Gasteiger partial charge in [-0.15, -0.1) is 0 Å². The molecule has 0 amide bonds. The zero-order valence-electron chi connectivity index (χ0n) is 31.4. The van der Waals surface area contributed by atoms with Crippen molar-refractivity contribution in [2.75, 3.05) is 0 Å². The Morgan fingerprint density at radius 2 is 1.05 bits per heavy atom. The van der Waals surface area contributed by atoms with E-state index in [0.29, 0.717) is 17.8 Å². The van der Waals surface area contributed by atoms with Gasteiger partial charge in [0.15, 0.2) is 0 Å². The maximum Gasteiger partial charge on any atom is 0.323 e. The zero-order valence-corrected chi connectivity index (χ0v) is 33.0. The molecule has 0 unspecified atom stereocenters. The lowest BCUT2D eigenvalue weighted by Crippen LogP contribution is -2.00. The van der Waals surface area contributed by atoms with Crippen molar-refractivity contribution in [2.24, 2.45) is 0 Å². The number of halogens is 1. The Hall–Kier alpha value is -5.82. The number of nitrogens with one attached hydrogen (secondary N) is 4. The Morgan fingerprint density at radius 1 is 0.589 bits per heavy atom. The first-order valence-corrected chi connectivity index (χ1v) is 19.9. The summed E-state index contributed by atoms with van der Waals surface area (Å²) in [6, 6.07) is 12.3. The standard InChI is InChI=1S/C23H22N4O2.C20H17BrN4O2/c1-11-19(12(2)29-27-11)15-9-17(22-18(10-15)25-23(28)26-22)20-16(13-3-4-13)7-8-24-21(20)14-5-6-14;1-9-16(10(2)27-25-9)12-7-13(19-15(8-12)23-20(26)24-19)17-14(21)5-6-22-18(17)11-3-4-11/h7-10,13-14H,3-6H2,1-2H3,(H2,25,26,28);5-8,11H,3-4H2,1-2H3,(H2,23,24,26). The van der Waals surface area contributed by atoms with Gasteiger partial charge in [0.2, 0.25) is 0 Å². The van der Waals surface area contributed by atoms with E-state index in [1.165, 1.54) is 42.5 Å².